The first-order valence-electron chi connectivity index (χ1n) is 8.62. The van der Waals surface area contributed by atoms with Crippen LogP contribution in [-0.2, 0) is 9.84 Å². The summed E-state index contributed by atoms with van der Waals surface area (Å²) in [4.78, 5) is 14.3. The van der Waals surface area contributed by atoms with E-state index in [1.807, 2.05) is 0 Å². The highest BCUT2D eigenvalue weighted by atomic mass is 35.5. The number of sulfone groups is 1. The molecule has 3 fully saturated rings. The van der Waals surface area contributed by atoms with Gasteiger partial charge in [0.1, 0.15) is 0 Å². The fraction of sp³-hybridized carbons (Fsp3) is 0.800. The van der Waals surface area contributed by atoms with Crippen LogP contribution in [0.15, 0.2) is 6.20 Å². The molecular weight excluding hydrogens is 366 g/mol. The fourth-order valence-corrected chi connectivity index (χ4v) is 6.39. The highest BCUT2D eigenvalue weighted by molar-refractivity contribution is 7.92. The lowest BCUT2D eigenvalue weighted by molar-refractivity contribution is 0.0780. The molecule has 25 heavy (non-hydrogen) atoms. The first-order chi connectivity index (χ1) is 11.4. The Morgan fingerprint density at radius 1 is 1.16 bits per heavy atom. The van der Waals surface area contributed by atoms with Gasteiger partial charge in [-0.05, 0) is 38.0 Å². The van der Waals surface area contributed by atoms with E-state index in [0.29, 0.717) is 18.7 Å². The summed E-state index contributed by atoms with van der Waals surface area (Å²) >= 11 is 0. The van der Waals surface area contributed by atoms with Gasteiger partial charge in [0.05, 0.1) is 23.2 Å². The van der Waals surface area contributed by atoms with E-state index in [1.54, 1.807) is 15.8 Å². The van der Waals surface area contributed by atoms with Crippen LogP contribution >= 0.6 is 12.4 Å². The van der Waals surface area contributed by atoms with E-state index >= 15 is 0 Å². The van der Waals surface area contributed by atoms with Gasteiger partial charge in [-0.15, -0.1) is 17.5 Å². The summed E-state index contributed by atoms with van der Waals surface area (Å²) in [5.41, 5.74) is 6.23. The molecule has 0 aromatic carbocycles. The Balaban J connectivity index is 0.00000182. The van der Waals surface area contributed by atoms with Gasteiger partial charge in [0.15, 0.2) is 15.5 Å². The number of amides is 1. The van der Waals surface area contributed by atoms with Crippen LogP contribution in [-0.4, -0.2) is 64.4 Å². The monoisotopic (exact) mass is 389 g/mol. The van der Waals surface area contributed by atoms with Crippen molar-refractivity contribution in [1.29, 1.82) is 0 Å². The number of fused-ring (bicyclic) bond motifs is 1. The summed E-state index contributed by atoms with van der Waals surface area (Å²) in [7, 11) is -3.04. The Bertz CT molecular complexity index is 744. The molecule has 0 spiro atoms. The van der Waals surface area contributed by atoms with Crippen LogP contribution in [0.3, 0.4) is 0 Å². The molecule has 2 aliphatic heterocycles. The Morgan fingerprint density at radius 3 is 2.56 bits per heavy atom. The van der Waals surface area contributed by atoms with E-state index in [-0.39, 0.29) is 48.6 Å². The topological polar surface area (TPSA) is 111 Å². The number of carbonyl (C=O) groups excluding carboxylic acids is 1. The minimum Gasteiger partial charge on any atom is -0.336 e. The van der Waals surface area contributed by atoms with Crippen molar-refractivity contribution >= 4 is 28.2 Å². The second-order valence-corrected chi connectivity index (χ2v) is 9.66. The predicted octanol–water partition coefficient (Wildman–Crippen LogP) is 0.401. The number of nitrogens with two attached hydrogens (primary N) is 1. The van der Waals surface area contributed by atoms with E-state index in [2.05, 4.69) is 10.3 Å². The third-order valence-corrected chi connectivity index (χ3v) is 8.01. The molecule has 4 rings (SSSR count). The summed E-state index contributed by atoms with van der Waals surface area (Å²) in [6.07, 6.45) is 6.18. The molecule has 0 unspecified atom stereocenters. The van der Waals surface area contributed by atoms with E-state index in [1.165, 1.54) is 0 Å². The summed E-state index contributed by atoms with van der Waals surface area (Å²) in [5, 5.41) is 7.75. The molecule has 1 aromatic heterocycles. The first kappa shape index (κ1) is 18.6. The van der Waals surface area contributed by atoms with E-state index in [0.717, 1.165) is 25.7 Å². The van der Waals surface area contributed by atoms with Crippen LogP contribution in [0.2, 0.25) is 0 Å². The molecule has 1 aliphatic carbocycles. The normalized spacial score (nSPS) is 33.7. The number of aromatic nitrogens is 3. The zero-order valence-electron chi connectivity index (χ0n) is 14.0. The summed E-state index contributed by atoms with van der Waals surface area (Å²) < 4.78 is 25.8. The molecule has 0 bridgehead atoms. The van der Waals surface area contributed by atoms with Gasteiger partial charge in [-0.2, -0.15) is 0 Å². The molecule has 1 amide bonds. The predicted molar refractivity (Wildman–Crippen MR) is 94.3 cm³/mol. The molecule has 3 heterocycles. The van der Waals surface area contributed by atoms with Crippen molar-refractivity contribution in [3.63, 3.8) is 0 Å². The van der Waals surface area contributed by atoms with Crippen LogP contribution in [0.1, 0.15) is 48.6 Å². The van der Waals surface area contributed by atoms with Crippen molar-refractivity contribution in [2.24, 2.45) is 11.7 Å². The van der Waals surface area contributed by atoms with Crippen molar-refractivity contribution in [3.8, 4) is 0 Å². The van der Waals surface area contributed by atoms with Gasteiger partial charge in [-0.1, -0.05) is 5.21 Å². The molecule has 2 N–H and O–H groups in total. The van der Waals surface area contributed by atoms with Gasteiger partial charge in [-0.3, -0.25) is 4.79 Å². The van der Waals surface area contributed by atoms with Crippen molar-refractivity contribution in [2.75, 3.05) is 18.8 Å². The standard InChI is InChI=1S/C15H23N5O3S.ClH/c16-11-1-3-12(4-2-11)20-8-13(17-18-20)15(21)19-7-10-5-6-24(22,23)14(10)9-19;/h8,10-12,14H,1-7,9,16H2;1H/t10-,11?,12?,14+;/m0./s1. The van der Waals surface area contributed by atoms with E-state index in [4.69, 9.17) is 5.73 Å². The number of nitrogens with zero attached hydrogens (tertiary/aromatic N) is 4. The molecular formula is C15H24ClN5O3S. The lowest BCUT2D eigenvalue weighted by Gasteiger charge is -2.25. The number of halogens is 1. The summed E-state index contributed by atoms with van der Waals surface area (Å²) in [5.74, 6) is 0.122. The number of carbonyl (C=O) groups is 1. The third-order valence-electron chi connectivity index (χ3n) is 5.75. The first-order valence-corrected chi connectivity index (χ1v) is 10.3. The Labute approximate surface area is 153 Å². The number of likely N-dealkylation sites (tertiary alicyclic amines) is 1. The van der Waals surface area contributed by atoms with Crippen molar-refractivity contribution in [2.45, 2.75) is 49.4 Å². The quantitative estimate of drug-likeness (QED) is 0.783. The SMILES string of the molecule is Cl.NC1CCC(n2cc(C(=O)N3C[C@@H]4CCS(=O)(=O)[C@@H]4C3)nn2)CC1. The van der Waals surface area contributed by atoms with E-state index in [9.17, 15) is 13.2 Å². The lowest BCUT2D eigenvalue weighted by atomic mass is 9.92. The highest BCUT2D eigenvalue weighted by Gasteiger charge is 2.47. The second kappa shape index (κ2) is 6.85. The van der Waals surface area contributed by atoms with Gasteiger partial charge in [0.2, 0.25) is 0 Å². The summed E-state index contributed by atoms with van der Waals surface area (Å²) in [6, 6.07) is 0.508. The van der Waals surface area contributed by atoms with Crippen molar-refractivity contribution < 1.29 is 13.2 Å². The largest absolute Gasteiger partial charge is 0.336 e. The van der Waals surface area contributed by atoms with Gasteiger partial charge in [0.25, 0.3) is 5.91 Å². The molecule has 2 atom stereocenters. The van der Waals surface area contributed by atoms with Crippen LogP contribution in [0.25, 0.3) is 0 Å². The van der Waals surface area contributed by atoms with Crippen LogP contribution in [0, 0.1) is 5.92 Å². The summed E-state index contributed by atoms with van der Waals surface area (Å²) in [6.45, 7) is 0.796. The van der Waals surface area contributed by atoms with Gasteiger partial charge in [-0.25, -0.2) is 13.1 Å². The minimum atomic E-state index is -3.04. The highest BCUT2D eigenvalue weighted by Crippen LogP contribution is 2.34. The maximum absolute atomic E-state index is 12.6. The molecule has 8 nitrogen and oxygen atoms in total. The van der Waals surface area contributed by atoms with Gasteiger partial charge < -0.3 is 10.6 Å². The Kier molecular flexibility index (Phi) is 5.09. The maximum atomic E-state index is 12.6. The number of rotatable bonds is 2. The van der Waals surface area contributed by atoms with Gasteiger partial charge >= 0.3 is 0 Å². The molecule has 0 radical (unpaired) electrons. The molecule has 3 aliphatic rings. The fourth-order valence-electron chi connectivity index (χ4n) is 4.24. The zero-order valence-corrected chi connectivity index (χ0v) is 15.6. The Morgan fingerprint density at radius 2 is 1.88 bits per heavy atom. The second-order valence-electron chi connectivity index (χ2n) is 7.32. The van der Waals surface area contributed by atoms with Crippen LogP contribution in [0.4, 0.5) is 0 Å². The number of hydrogen-bond acceptors (Lipinski definition) is 6. The average molecular weight is 390 g/mol. The number of hydrogen-bond donors (Lipinski definition) is 1. The van der Waals surface area contributed by atoms with Crippen LogP contribution < -0.4 is 5.73 Å². The average Bonchev–Trinajstić information content (AvgIpc) is 3.25. The molecule has 140 valence electrons. The minimum absolute atomic E-state index is 0. The zero-order chi connectivity index (χ0) is 16.9. The molecule has 10 heteroatoms. The maximum Gasteiger partial charge on any atom is 0.276 e. The lowest BCUT2D eigenvalue weighted by Crippen LogP contribution is -2.32. The smallest absolute Gasteiger partial charge is 0.276 e. The van der Waals surface area contributed by atoms with E-state index < -0.39 is 15.1 Å². The third kappa shape index (κ3) is 3.41. The van der Waals surface area contributed by atoms with Crippen LogP contribution in [0.5, 0.6) is 0 Å². The van der Waals surface area contributed by atoms with Gasteiger partial charge in [0, 0.05) is 19.1 Å². The molecule has 2 saturated heterocycles. The van der Waals surface area contributed by atoms with Crippen molar-refractivity contribution in [1.82, 2.24) is 19.9 Å². The Hall–Kier alpha value is -1.19. The molecule has 1 saturated carbocycles. The molecule has 1 aromatic rings. The van der Waals surface area contributed by atoms with Crippen molar-refractivity contribution in [3.05, 3.63) is 11.9 Å².